The molecule has 0 saturated carbocycles. The molecule has 4 N–H and O–H groups in total. The third-order valence-electron chi connectivity index (χ3n) is 1.72. The van der Waals surface area contributed by atoms with Crippen LogP contribution in [0, 0.1) is 17.2 Å². The Morgan fingerprint density at radius 1 is 1.00 bits per heavy atom. The minimum absolute atomic E-state index is 0.0548. The van der Waals surface area contributed by atoms with Gasteiger partial charge in [-0.1, -0.05) is 0 Å². The van der Waals surface area contributed by atoms with E-state index < -0.39 is 33.4 Å². The summed E-state index contributed by atoms with van der Waals surface area (Å²) < 4.78 is 21.0. The first-order valence-electron chi connectivity index (χ1n) is 4.13. The van der Waals surface area contributed by atoms with Crippen LogP contribution >= 0.6 is 15.2 Å². The van der Waals surface area contributed by atoms with Crippen LogP contribution in [0.4, 0.5) is 0 Å². The second kappa shape index (κ2) is 5.76. The Hall–Kier alpha value is -0.210. The van der Waals surface area contributed by atoms with Gasteiger partial charge in [0.25, 0.3) is 0 Å². The van der Waals surface area contributed by atoms with Crippen molar-refractivity contribution in [2.45, 2.75) is 12.8 Å². The van der Waals surface area contributed by atoms with E-state index in [2.05, 4.69) is 0 Å². The lowest BCUT2D eigenvalue weighted by atomic mass is 10.1. The Labute approximate surface area is 87.1 Å². The van der Waals surface area contributed by atoms with Gasteiger partial charge in [-0.15, -0.1) is 0 Å². The second-order valence-corrected chi connectivity index (χ2v) is 6.73. The zero-order chi connectivity index (χ0) is 12.1. The van der Waals surface area contributed by atoms with E-state index in [1.54, 1.807) is 6.07 Å². The van der Waals surface area contributed by atoms with Gasteiger partial charge >= 0.3 is 15.2 Å². The predicted molar refractivity (Wildman–Crippen MR) is 52.2 cm³/mol. The molecular formula is C6H13NO6P2. The van der Waals surface area contributed by atoms with Crippen molar-refractivity contribution in [1.82, 2.24) is 0 Å². The summed E-state index contributed by atoms with van der Waals surface area (Å²) >= 11 is 0. The van der Waals surface area contributed by atoms with Gasteiger partial charge in [0, 0.05) is 5.92 Å². The topological polar surface area (TPSA) is 139 Å². The number of nitriles is 1. The lowest BCUT2D eigenvalue weighted by molar-refractivity contribution is 0.364. The van der Waals surface area contributed by atoms with Gasteiger partial charge in [-0.3, -0.25) is 9.13 Å². The minimum atomic E-state index is -4.14. The van der Waals surface area contributed by atoms with Gasteiger partial charge in [-0.05, 0) is 12.8 Å². The molecule has 9 heteroatoms. The van der Waals surface area contributed by atoms with Crippen molar-refractivity contribution >= 4 is 15.2 Å². The summed E-state index contributed by atoms with van der Waals surface area (Å²) in [4.78, 5) is 34.2. The monoisotopic (exact) mass is 257 g/mol. The van der Waals surface area contributed by atoms with Crippen LogP contribution in [-0.2, 0) is 9.13 Å². The van der Waals surface area contributed by atoms with Crippen LogP contribution in [0.1, 0.15) is 12.8 Å². The number of rotatable bonds is 6. The van der Waals surface area contributed by atoms with E-state index in [1.807, 2.05) is 0 Å². The van der Waals surface area contributed by atoms with Crippen LogP contribution in [0.15, 0.2) is 0 Å². The average molecular weight is 257 g/mol. The third kappa shape index (κ3) is 10.1. The zero-order valence-electron chi connectivity index (χ0n) is 7.85. The van der Waals surface area contributed by atoms with Crippen LogP contribution in [0.25, 0.3) is 0 Å². The Bertz CT molecular complexity index is 299. The first-order chi connectivity index (χ1) is 6.64. The summed E-state index contributed by atoms with van der Waals surface area (Å²) in [6.45, 7) is 0. The molecular weight excluding hydrogens is 244 g/mol. The molecule has 0 aromatic rings. The minimum Gasteiger partial charge on any atom is -0.324 e. The maximum absolute atomic E-state index is 10.5. The standard InChI is InChI=1S/C6H13NO6P2/c7-5-6(1-3-14(8,9)10)2-4-15(11,12)13/h6H,1-4H2,(H2,8,9,10)(H2,11,12,13). The fourth-order valence-corrected chi connectivity index (χ4v) is 2.22. The van der Waals surface area contributed by atoms with Crippen LogP contribution in [0.2, 0.25) is 0 Å². The number of hydrogen-bond acceptors (Lipinski definition) is 3. The average Bonchev–Trinajstić information content (AvgIpc) is 2.00. The lowest BCUT2D eigenvalue weighted by Crippen LogP contribution is -2.04. The molecule has 7 nitrogen and oxygen atoms in total. The Kier molecular flexibility index (Phi) is 5.68. The summed E-state index contributed by atoms with van der Waals surface area (Å²) in [5.74, 6) is -0.731. The van der Waals surface area contributed by atoms with Gasteiger partial charge in [-0.25, -0.2) is 0 Å². The molecule has 0 atom stereocenters. The number of nitrogens with zero attached hydrogens (tertiary/aromatic N) is 1. The van der Waals surface area contributed by atoms with Crippen molar-refractivity contribution in [3.05, 3.63) is 0 Å². The third-order valence-corrected chi connectivity index (χ3v) is 3.40. The van der Waals surface area contributed by atoms with Crippen molar-refractivity contribution < 1.29 is 28.7 Å². The van der Waals surface area contributed by atoms with Crippen molar-refractivity contribution in [2.75, 3.05) is 12.3 Å². The maximum Gasteiger partial charge on any atom is 0.325 e. The first-order valence-corrected chi connectivity index (χ1v) is 7.72. The van der Waals surface area contributed by atoms with Gasteiger partial charge in [0.1, 0.15) is 0 Å². The van der Waals surface area contributed by atoms with E-state index in [0.29, 0.717) is 0 Å². The highest BCUT2D eigenvalue weighted by molar-refractivity contribution is 7.52. The zero-order valence-corrected chi connectivity index (χ0v) is 9.64. The SMILES string of the molecule is N#CC(CCP(=O)(O)O)CCP(=O)(O)O. The molecule has 0 bridgehead atoms. The second-order valence-electron chi connectivity index (χ2n) is 3.18. The molecule has 0 aliphatic heterocycles. The normalized spacial score (nSPS) is 12.8. The van der Waals surface area contributed by atoms with Crippen LogP contribution in [0.3, 0.4) is 0 Å². The highest BCUT2D eigenvalue weighted by atomic mass is 31.2. The van der Waals surface area contributed by atoms with Crippen molar-refractivity contribution in [1.29, 1.82) is 5.26 Å². The first kappa shape index (κ1) is 14.8. The van der Waals surface area contributed by atoms with Gasteiger partial charge in [0.15, 0.2) is 0 Å². The van der Waals surface area contributed by atoms with Gasteiger partial charge in [0.2, 0.25) is 0 Å². The maximum atomic E-state index is 10.5. The molecule has 0 fully saturated rings. The Morgan fingerprint density at radius 3 is 1.53 bits per heavy atom. The highest BCUT2D eigenvalue weighted by Gasteiger charge is 2.20. The molecule has 0 unspecified atom stereocenters. The van der Waals surface area contributed by atoms with Crippen molar-refractivity contribution in [2.24, 2.45) is 5.92 Å². The van der Waals surface area contributed by atoms with Crippen LogP contribution in [0.5, 0.6) is 0 Å². The summed E-state index contributed by atoms with van der Waals surface area (Å²) in [6, 6.07) is 1.76. The van der Waals surface area contributed by atoms with Crippen LogP contribution < -0.4 is 0 Å². The molecule has 88 valence electrons. The lowest BCUT2D eigenvalue weighted by Gasteiger charge is -2.10. The van der Waals surface area contributed by atoms with Crippen molar-refractivity contribution in [3.8, 4) is 6.07 Å². The summed E-state index contributed by atoms with van der Waals surface area (Å²) in [6.07, 6.45) is -0.986. The van der Waals surface area contributed by atoms with E-state index in [0.717, 1.165) is 0 Å². The predicted octanol–water partition coefficient (Wildman–Crippen LogP) is 0.262. The van der Waals surface area contributed by atoms with E-state index in [9.17, 15) is 9.13 Å². The number of hydrogen-bond donors (Lipinski definition) is 4. The highest BCUT2D eigenvalue weighted by Crippen LogP contribution is 2.39. The summed E-state index contributed by atoms with van der Waals surface area (Å²) in [7, 11) is -8.28. The molecule has 0 aliphatic rings. The molecule has 0 aromatic carbocycles. The molecule has 0 aliphatic carbocycles. The van der Waals surface area contributed by atoms with E-state index in [-0.39, 0.29) is 12.8 Å². The van der Waals surface area contributed by atoms with Gasteiger partial charge in [0.05, 0.1) is 18.4 Å². The van der Waals surface area contributed by atoms with Gasteiger partial charge in [-0.2, -0.15) is 5.26 Å². The molecule has 0 amide bonds. The molecule has 0 spiro atoms. The molecule has 0 radical (unpaired) electrons. The fraction of sp³-hybridized carbons (Fsp3) is 0.833. The van der Waals surface area contributed by atoms with E-state index in [4.69, 9.17) is 24.8 Å². The molecule has 0 rings (SSSR count). The fourth-order valence-electron chi connectivity index (χ4n) is 0.921. The molecule has 0 aromatic heterocycles. The summed E-state index contributed by atoms with van der Waals surface area (Å²) in [5.41, 5.74) is 0. The largest absolute Gasteiger partial charge is 0.325 e. The van der Waals surface area contributed by atoms with E-state index in [1.165, 1.54) is 0 Å². The Balaban J connectivity index is 4.02. The van der Waals surface area contributed by atoms with Gasteiger partial charge < -0.3 is 19.6 Å². The van der Waals surface area contributed by atoms with Crippen molar-refractivity contribution in [3.63, 3.8) is 0 Å². The molecule has 15 heavy (non-hydrogen) atoms. The summed E-state index contributed by atoms with van der Waals surface area (Å²) in [5, 5.41) is 8.56. The molecule has 0 heterocycles. The quantitative estimate of drug-likeness (QED) is 0.500. The smallest absolute Gasteiger partial charge is 0.324 e. The Morgan fingerprint density at radius 2 is 1.33 bits per heavy atom. The van der Waals surface area contributed by atoms with Crippen LogP contribution in [-0.4, -0.2) is 31.9 Å². The van der Waals surface area contributed by atoms with E-state index >= 15 is 0 Å². The molecule has 0 saturated heterocycles.